The van der Waals surface area contributed by atoms with E-state index in [9.17, 15) is 4.79 Å². The molecule has 1 aromatic carbocycles. The van der Waals surface area contributed by atoms with Gasteiger partial charge in [-0.25, -0.2) is 0 Å². The van der Waals surface area contributed by atoms with Gasteiger partial charge >= 0.3 is 0 Å². The summed E-state index contributed by atoms with van der Waals surface area (Å²) in [4.78, 5) is 13.8. The van der Waals surface area contributed by atoms with Crippen LogP contribution < -0.4 is 11.1 Å². The van der Waals surface area contributed by atoms with Crippen LogP contribution in [0.3, 0.4) is 0 Å². The Kier molecular flexibility index (Phi) is 7.10. The van der Waals surface area contributed by atoms with Gasteiger partial charge in [-0.2, -0.15) is 0 Å². The number of amides is 1. The van der Waals surface area contributed by atoms with Gasteiger partial charge in [0.15, 0.2) is 0 Å². The molecule has 0 unspecified atom stereocenters. The highest BCUT2D eigenvalue weighted by Crippen LogP contribution is 2.10. The van der Waals surface area contributed by atoms with Gasteiger partial charge in [-0.15, -0.1) is 0 Å². The molecule has 0 aliphatic heterocycles. The predicted octanol–water partition coefficient (Wildman–Crippen LogP) is 0.788. The van der Waals surface area contributed by atoms with Gasteiger partial charge in [-0.1, -0.05) is 19.1 Å². The Morgan fingerprint density at radius 3 is 2.84 bits per heavy atom. The Balaban J connectivity index is 2.53. The molecule has 5 heteroatoms. The zero-order chi connectivity index (χ0) is 14.1. The largest absolute Gasteiger partial charge is 0.395 e. The lowest BCUT2D eigenvalue weighted by Gasteiger charge is -2.19. The Morgan fingerprint density at radius 1 is 1.42 bits per heavy atom. The molecule has 0 atom stereocenters. The molecule has 4 N–H and O–H groups in total. The van der Waals surface area contributed by atoms with Gasteiger partial charge < -0.3 is 16.2 Å². The first-order chi connectivity index (χ1) is 9.19. The molecule has 1 aromatic rings. The number of aliphatic hydroxyl groups is 1. The highest BCUT2D eigenvalue weighted by atomic mass is 16.3. The fraction of sp³-hybridized carbons (Fsp3) is 0.500. The van der Waals surface area contributed by atoms with Crippen LogP contribution in [0.15, 0.2) is 24.3 Å². The van der Waals surface area contributed by atoms with Crippen LogP contribution in [-0.2, 0) is 11.3 Å². The fourth-order valence-corrected chi connectivity index (χ4v) is 1.91. The van der Waals surface area contributed by atoms with Crippen molar-refractivity contribution in [2.24, 2.45) is 5.73 Å². The molecule has 0 saturated heterocycles. The van der Waals surface area contributed by atoms with Crippen molar-refractivity contribution >= 4 is 11.6 Å². The van der Waals surface area contributed by atoms with Crippen molar-refractivity contribution in [2.75, 3.05) is 31.6 Å². The van der Waals surface area contributed by atoms with E-state index < -0.39 is 0 Å². The van der Waals surface area contributed by atoms with Crippen molar-refractivity contribution in [3.63, 3.8) is 0 Å². The van der Waals surface area contributed by atoms with Gasteiger partial charge in [0.1, 0.15) is 0 Å². The van der Waals surface area contributed by atoms with E-state index in [4.69, 9.17) is 10.8 Å². The van der Waals surface area contributed by atoms with Crippen LogP contribution in [0.4, 0.5) is 5.69 Å². The Labute approximate surface area is 114 Å². The van der Waals surface area contributed by atoms with E-state index in [-0.39, 0.29) is 12.5 Å². The molecule has 0 heterocycles. The molecule has 0 bridgehead atoms. The van der Waals surface area contributed by atoms with Crippen molar-refractivity contribution in [3.8, 4) is 0 Å². The van der Waals surface area contributed by atoms with E-state index in [1.807, 2.05) is 36.1 Å². The number of benzene rings is 1. The molecule has 0 saturated carbocycles. The standard InChI is InChI=1S/C14H23N3O2/c1-2-6-17(7-8-18)11-14(19)16-13-5-3-4-12(9-13)10-15/h3-5,9,18H,2,6-8,10-11,15H2,1H3,(H,16,19). The first-order valence-corrected chi connectivity index (χ1v) is 6.61. The molecule has 0 aromatic heterocycles. The lowest BCUT2D eigenvalue weighted by Crippen LogP contribution is -2.35. The SMILES string of the molecule is CCCN(CCO)CC(=O)Nc1cccc(CN)c1. The molecule has 1 amide bonds. The average Bonchev–Trinajstić information content (AvgIpc) is 2.39. The van der Waals surface area contributed by atoms with E-state index in [1.54, 1.807) is 0 Å². The van der Waals surface area contributed by atoms with Crippen molar-refractivity contribution in [3.05, 3.63) is 29.8 Å². The van der Waals surface area contributed by atoms with Crippen LogP contribution in [-0.4, -0.2) is 42.2 Å². The molecule has 0 aliphatic rings. The van der Waals surface area contributed by atoms with E-state index in [0.29, 0.717) is 19.6 Å². The summed E-state index contributed by atoms with van der Waals surface area (Å²) in [6.07, 6.45) is 0.954. The van der Waals surface area contributed by atoms with Gasteiger partial charge in [-0.05, 0) is 30.7 Å². The van der Waals surface area contributed by atoms with Crippen molar-refractivity contribution < 1.29 is 9.90 Å². The average molecular weight is 265 g/mol. The van der Waals surface area contributed by atoms with Crippen LogP contribution in [0.1, 0.15) is 18.9 Å². The molecular formula is C14H23N3O2. The first kappa shape index (κ1) is 15.6. The van der Waals surface area contributed by atoms with Crippen molar-refractivity contribution in [1.82, 2.24) is 4.90 Å². The maximum Gasteiger partial charge on any atom is 0.238 e. The smallest absolute Gasteiger partial charge is 0.238 e. The summed E-state index contributed by atoms with van der Waals surface area (Å²) in [5, 5.41) is 11.8. The second-order valence-corrected chi connectivity index (χ2v) is 4.45. The van der Waals surface area contributed by atoms with E-state index >= 15 is 0 Å². The minimum Gasteiger partial charge on any atom is -0.395 e. The van der Waals surface area contributed by atoms with Gasteiger partial charge in [-0.3, -0.25) is 9.69 Å². The minimum absolute atomic E-state index is 0.0654. The van der Waals surface area contributed by atoms with Crippen LogP contribution in [0.2, 0.25) is 0 Å². The number of aliphatic hydroxyl groups excluding tert-OH is 1. The Morgan fingerprint density at radius 2 is 2.21 bits per heavy atom. The van der Waals surface area contributed by atoms with Gasteiger partial charge in [0, 0.05) is 18.8 Å². The molecule has 0 fully saturated rings. The topological polar surface area (TPSA) is 78.6 Å². The number of rotatable bonds is 8. The maximum absolute atomic E-state index is 11.9. The van der Waals surface area contributed by atoms with Crippen LogP contribution in [0.25, 0.3) is 0 Å². The highest BCUT2D eigenvalue weighted by Gasteiger charge is 2.09. The number of carbonyl (C=O) groups excluding carboxylic acids is 1. The molecule has 5 nitrogen and oxygen atoms in total. The van der Waals surface area contributed by atoms with Crippen molar-refractivity contribution in [1.29, 1.82) is 0 Å². The van der Waals surface area contributed by atoms with E-state index in [0.717, 1.165) is 24.2 Å². The lowest BCUT2D eigenvalue weighted by molar-refractivity contribution is -0.117. The second kappa shape index (κ2) is 8.63. The number of carbonyl (C=O) groups is 1. The minimum atomic E-state index is -0.0731. The van der Waals surface area contributed by atoms with Gasteiger partial charge in [0.2, 0.25) is 5.91 Å². The predicted molar refractivity (Wildman–Crippen MR) is 76.8 cm³/mol. The van der Waals surface area contributed by atoms with Gasteiger partial charge in [0.25, 0.3) is 0 Å². The molecule has 0 aliphatic carbocycles. The third-order valence-corrected chi connectivity index (χ3v) is 2.77. The van der Waals surface area contributed by atoms with Crippen LogP contribution >= 0.6 is 0 Å². The molecular weight excluding hydrogens is 242 g/mol. The molecule has 0 radical (unpaired) electrons. The van der Waals surface area contributed by atoms with Gasteiger partial charge in [0.05, 0.1) is 13.2 Å². The first-order valence-electron chi connectivity index (χ1n) is 6.61. The zero-order valence-electron chi connectivity index (χ0n) is 11.4. The third kappa shape index (κ3) is 5.83. The number of anilines is 1. The normalized spacial score (nSPS) is 10.7. The monoisotopic (exact) mass is 265 g/mol. The fourth-order valence-electron chi connectivity index (χ4n) is 1.91. The van der Waals surface area contributed by atoms with E-state index in [1.165, 1.54) is 0 Å². The summed E-state index contributed by atoms with van der Waals surface area (Å²) in [6, 6.07) is 7.50. The molecule has 106 valence electrons. The van der Waals surface area contributed by atoms with Crippen molar-refractivity contribution in [2.45, 2.75) is 19.9 Å². The second-order valence-electron chi connectivity index (χ2n) is 4.45. The van der Waals surface area contributed by atoms with Crippen LogP contribution in [0.5, 0.6) is 0 Å². The molecule has 19 heavy (non-hydrogen) atoms. The number of nitrogens with two attached hydrogens (primary N) is 1. The number of hydrogen-bond donors (Lipinski definition) is 3. The summed E-state index contributed by atoms with van der Waals surface area (Å²) >= 11 is 0. The molecule has 0 spiro atoms. The summed E-state index contributed by atoms with van der Waals surface area (Å²) < 4.78 is 0. The van der Waals surface area contributed by atoms with E-state index in [2.05, 4.69) is 5.32 Å². The zero-order valence-corrected chi connectivity index (χ0v) is 11.4. The summed E-state index contributed by atoms with van der Waals surface area (Å²) in [5.74, 6) is -0.0731. The summed E-state index contributed by atoms with van der Waals surface area (Å²) in [6.45, 7) is 4.18. The summed E-state index contributed by atoms with van der Waals surface area (Å²) in [5.41, 5.74) is 7.30. The van der Waals surface area contributed by atoms with Crippen LogP contribution in [0, 0.1) is 0 Å². The quantitative estimate of drug-likeness (QED) is 0.649. The maximum atomic E-state index is 11.9. The lowest BCUT2D eigenvalue weighted by atomic mass is 10.2. The number of nitrogens with one attached hydrogen (secondary N) is 1. The third-order valence-electron chi connectivity index (χ3n) is 2.77. The molecule has 1 rings (SSSR count). The highest BCUT2D eigenvalue weighted by molar-refractivity contribution is 5.92. The number of hydrogen-bond acceptors (Lipinski definition) is 4. The number of nitrogens with zero attached hydrogens (tertiary/aromatic N) is 1. The summed E-state index contributed by atoms with van der Waals surface area (Å²) in [7, 11) is 0. The Bertz CT molecular complexity index is 390. The Hall–Kier alpha value is -1.43.